The van der Waals surface area contributed by atoms with Crippen LogP contribution >= 0.6 is 0 Å². The molecule has 0 radical (unpaired) electrons. The Morgan fingerprint density at radius 3 is 2.30 bits per heavy atom. The summed E-state index contributed by atoms with van der Waals surface area (Å²) >= 11 is 0. The predicted octanol–water partition coefficient (Wildman–Crippen LogP) is 1.93. The van der Waals surface area contributed by atoms with Gasteiger partial charge in [0.2, 0.25) is 0 Å². The van der Waals surface area contributed by atoms with E-state index in [4.69, 9.17) is 0 Å². The summed E-state index contributed by atoms with van der Waals surface area (Å²) in [6.45, 7) is 1.28. The fraction of sp³-hybridized carbons (Fsp3) is 1.00. The lowest BCUT2D eigenvalue weighted by atomic mass is 9.97. The summed E-state index contributed by atoms with van der Waals surface area (Å²) in [4.78, 5) is 0. The van der Waals surface area contributed by atoms with E-state index in [9.17, 15) is 0 Å². The van der Waals surface area contributed by atoms with Gasteiger partial charge in [0.1, 0.15) is 0 Å². The van der Waals surface area contributed by atoms with Crippen molar-refractivity contribution in [2.24, 2.45) is 5.92 Å². The van der Waals surface area contributed by atoms with Crippen molar-refractivity contribution < 1.29 is 0 Å². The van der Waals surface area contributed by atoms with Crippen molar-refractivity contribution in [3.63, 3.8) is 0 Å². The quantitative estimate of drug-likeness (QED) is 0.585. The SMILES string of the molecule is C1CCC([C@@H]2CCCN2)C1. The lowest BCUT2D eigenvalue weighted by Gasteiger charge is -2.17. The third-order valence-corrected chi connectivity index (χ3v) is 3.07. The van der Waals surface area contributed by atoms with Gasteiger partial charge in [-0.05, 0) is 38.1 Å². The van der Waals surface area contributed by atoms with E-state index >= 15 is 0 Å². The molecule has 0 unspecified atom stereocenters. The third-order valence-electron chi connectivity index (χ3n) is 3.07. The van der Waals surface area contributed by atoms with Crippen molar-refractivity contribution >= 4 is 0 Å². The minimum absolute atomic E-state index is 0.905. The third kappa shape index (κ3) is 1.20. The van der Waals surface area contributed by atoms with Gasteiger partial charge in [-0.25, -0.2) is 0 Å². The molecule has 1 nitrogen and oxygen atoms in total. The molecular weight excluding hydrogens is 122 g/mol. The molecule has 10 heavy (non-hydrogen) atoms. The van der Waals surface area contributed by atoms with Crippen molar-refractivity contribution in [1.29, 1.82) is 0 Å². The molecule has 2 aliphatic rings. The normalized spacial score (nSPS) is 35.4. The highest BCUT2D eigenvalue weighted by molar-refractivity contribution is 4.84. The van der Waals surface area contributed by atoms with E-state index in [2.05, 4.69) is 5.32 Å². The van der Waals surface area contributed by atoms with Gasteiger partial charge in [0.25, 0.3) is 0 Å². The highest BCUT2D eigenvalue weighted by Gasteiger charge is 2.26. The average Bonchev–Trinajstić information content (AvgIpc) is 2.59. The summed E-state index contributed by atoms with van der Waals surface area (Å²) in [7, 11) is 0. The smallest absolute Gasteiger partial charge is 0.00957 e. The molecule has 0 bridgehead atoms. The second-order valence-electron chi connectivity index (χ2n) is 3.75. The van der Waals surface area contributed by atoms with Crippen LogP contribution in [-0.2, 0) is 0 Å². The standard InChI is InChI=1S/C9H17N/c1-2-5-8(4-1)9-6-3-7-10-9/h8-10H,1-7H2/t9-/m0/s1. The fourth-order valence-electron chi connectivity index (χ4n) is 2.47. The molecular formula is C9H17N. The Labute approximate surface area is 63.2 Å². The number of hydrogen-bond acceptors (Lipinski definition) is 1. The summed E-state index contributed by atoms with van der Waals surface area (Å²) in [5, 5.41) is 3.60. The topological polar surface area (TPSA) is 12.0 Å². The zero-order chi connectivity index (χ0) is 6.81. The molecule has 0 aromatic heterocycles. The molecule has 1 aliphatic heterocycles. The molecule has 0 amide bonds. The first kappa shape index (κ1) is 6.66. The number of hydrogen-bond donors (Lipinski definition) is 1. The van der Waals surface area contributed by atoms with Crippen molar-refractivity contribution in [3.05, 3.63) is 0 Å². The molecule has 1 saturated carbocycles. The Bertz CT molecular complexity index is 85.3. The maximum absolute atomic E-state index is 3.60. The average molecular weight is 139 g/mol. The van der Waals surface area contributed by atoms with E-state index in [-0.39, 0.29) is 0 Å². The summed E-state index contributed by atoms with van der Waals surface area (Å²) in [5.41, 5.74) is 0. The van der Waals surface area contributed by atoms with Crippen molar-refractivity contribution in [1.82, 2.24) is 5.32 Å². The van der Waals surface area contributed by atoms with Crippen LogP contribution in [0.25, 0.3) is 0 Å². The zero-order valence-electron chi connectivity index (χ0n) is 6.60. The molecule has 1 aliphatic carbocycles. The summed E-state index contributed by atoms with van der Waals surface area (Å²) in [5.74, 6) is 1.04. The maximum Gasteiger partial charge on any atom is 0.00957 e. The first-order valence-electron chi connectivity index (χ1n) is 4.70. The van der Waals surface area contributed by atoms with Crippen LogP contribution in [0.2, 0.25) is 0 Å². The second-order valence-corrected chi connectivity index (χ2v) is 3.75. The monoisotopic (exact) mass is 139 g/mol. The van der Waals surface area contributed by atoms with E-state index in [1.165, 1.54) is 45.1 Å². The van der Waals surface area contributed by atoms with E-state index < -0.39 is 0 Å². The maximum atomic E-state index is 3.60. The van der Waals surface area contributed by atoms with Crippen molar-refractivity contribution in [3.8, 4) is 0 Å². The lowest BCUT2D eigenvalue weighted by molar-refractivity contribution is 0.399. The van der Waals surface area contributed by atoms with Gasteiger partial charge in [-0.15, -0.1) is 0 Å². The molecule has 1 atom stereocenters. The first-order valence-corrected chi connectivity index (χ1v) is 4.70. The highest BCUT2D eigenvalue weighted by atomic mass is 14.9. The fourth-order valence-corrected chi connectivity index (χ4v) is 2.47. The molecule has 0 aromatic carbocycles. The molecule has 0 spiro atoms. The summed E-state index contributed by atoms with van der Waals surface area (Å²) < 4.78 is 0. The molecule has 58 valence electrons. The van der Waals surface area contributed by atoms with Crippen LogP contribution in [0.15, 0.2) is 0 Å². The summed E-state index contributed by atoms with van der Waals surface area (Å²) in [6.07, 6.45) is 8.84. The van der Waals surface area contributed by atoms with E-state index in [0.29, 0.717) is 0 Å². The van der Waals surface area contributed by atoms with Gasteiger partial charge in [-0.1, -0.05) is 12.8 Å². The van der Waals surface area contributed by atoms with Crippen molar-refractivity contribution in [2.75, 3.05) is 6.54 Å². The Hall–Kier alpha value is -0.0400. The lowest BCUT2D eigenvalue weighted by Crippen LogP contribution is -2.28. The van der Waals surface area contributed by atoms with Gasteiger partial charge in [0.05, 0.1) is 0 Å². The van der Waals surface area contributed by atoms with Gasteiger partial charge < -0.3 is 5.32 Å². The minimum Gasteiger partial charge on any atom is -0.314 e. The minimum atomic E-state index is 0.905. The molecule has 1 N–H and O–H groups in total. The Balaban J connectivity index is 1.85. The molecule has 1 saturated heterocycles. The van der Waals surface area contributed by atoms with Crippen LogP contribution in [0.5, 0.6) is 0 Å². The largest absolute Gasteiger partial charge is 0.314 e. The van der Waals surface area contributed by atoms with Crippen LogP contribution in [0, 0.1) is 5.92 Å². The Kier molecular flexibility index (Phi) is 1.94. The van der Waals surface area contributed by atoms with E-state index in [1.807, 2.05) is 0 Å². The van der Waals surface area contributed by atoms with Gasteiger partial charge in [-0.2, -0.15) is 0 Å². The molecule has 0 aromatic rings. The van der Waals surface area contributed by atoms with E-state index in [1.54, 1.807) is 0 Å². The van der Waals surface area contributed by atoms with Crippen molar-refractivity contribution in [2.45, 2.75) is 44.6 Å². The first-order chi connectivity index (χ1) is 4.97. The summed E-state index contributed by atoms with van der Waals surface area (Å²) in [6, 6.07) is 0.905. The highest BCUT2D eigenvalue weighted by Crippen LogP contribution is 2.30. The molecule has 2 rings (SSSR count). The Morgan fingerprint density at radius 1 is 0.900 bits per heavy atom. The predicted molar refractivity (Wildman–Crippen MR) is 43.0 cm³/mol. The van der Waals surface area contributed by atoms with Gasteiger partial charge >= 0.3 is 0 Å². The van der Waals surface area contributed by atoms with Gasteiger partial charge in [0, 0.05) is 6.04 Å². The van der Waals surface area contributed by atoms with Crippen LogP contribution in [0.1, 0.15) is 38.5 Å². The molecule has 1 heteroatoms. The zero-order valence-corrected chi connectivity index (χ0v) is 6.60. The number of rotatable bonds is 1. The van der Waals surface area contributed by atoms with Crippen LogP contribution < -0.4 is 5.32 Å². The molecule has 1 heterocycles. The molecule has 2 fully saturated rings. The van der Waals surface area contributed by atoms with Crippen LogP contribution in [0.4, 0.5) is 0 Å². The van der Waals surface area contributed by atoms with Crippen LogP contribution in [0.3, 0.4) is 0 Å². The van der Waals surface area contributed by atoms with Gasteiger partial charge in [0.15, 0.2) is 0 Å². The van der Waals surface area contributed by atoms with Crippen LogP contribution in [-0.4, -0.2) is 12.6 Å². The van der Waals surface area contributed by atoms with E-state index in [0.717, 1.165) is 12.0 Å². The van der Waals surface area contributed by atoms with Gasteiger partial charge in [-0.3, -0.25) is 0 Å². The number of nitrogens with one attached hydrogen (secondary N) is 1. The Morgan fingerprint density at radius 2 is 1.70 bits per heavy atom. The second kappa shape index (κ2) is 2.91.